The van der Waals surface area contributed by atoms with Crippen LogP contribution in [0.4, 0.5) is 16.2 Å². The van der Waals surface area contributed by atoms with E-state index in [2.05, 4.69) is 0 Å². The van der Waals surface area contributed by atoms with Crippen LogP contribution < -0.4 is 4.90 Å². The summed E-state index contributed by atoms with van der Waals surface area (Å²) in [6.07, 6.45) is 2.83. The van der Waals surface area contributed by atoms with Crippen molar-refractivity contribution in [2.24, 2.45) is 0 Å². The molecular weight excluding hydrogens is 370 g/mol. The lowest BCUT2D eigenvalue weighted by atomic mass is 10.1. The van der Waals surface area contributed by atoms with E-state index in [0.717, 1.165) is 24.2 Å². The van der Waals surface area contributed by atoms with Crippen molar-refractivity contribution >= 4 is 34.9 Å². The minimum absolute atomic E-state index is 0.122. The first-order valence-electron chi connectivity index (χ1n) is 8.61. The van der Waals surface area contributed by atoms with Gasteiger partial charge in [0.15, 0.2) is 0 Å². The van der Waals surface area contributed by atoms with Gasteiger partial charge in [-0.3, -0.25) is 14.9 Å². The fraction of sp³-hybridized carbons (Fsp3) is 0.263. The van der Waals surface area contributed by atoms with E-state index < -0.39 is 16.9 Å². The van der Waals surface area contributed by atoms with Crippen LogP contribution in [0.15, 0.2) is 48.5 Å². The lowest BCUT2D eigenvalue weighted by Gasteiger charge is -2.32. The first-order valence-corrected chi connectivity index (χ1v) is 8.98. The van der Waals surface area contributed by atoms with Gasteiger partial charge in [0, 0.05) is 35.8 Å². The molecule has 2 aromatic rings. The van der Waals surface area contributed by atoms with Crippen molar-refractivity contribution in [3.63, 3.8) is 0 Å². The quantitative estimate of drug-likeness (QED) is 0.573. The topological polar surface area (TPSA) is 83.8 Å². The van der Waals surface area contributed by atoms with E-state index in [1.807, 2.05) is 0 Å². The first kappa shape index (κ1) is 18.8. The second-order valence-corrected chi connectivity index (χ2v) is 6.69. The van der Waals surface area contributed by atoms with Crippen LogP contribution in [-0.4, -0.2) is 34.9 Å². The zero-order chi connectivity index (χ0) is 19.4. The maximum atomic E-state index is 13.1. The summed E-state index contributed by atoms with van der Waals surface area (Å²) in [4.78, 5) is 39.2. The number of non-ortho nitro benzene ring substituents is 1. The van der Waals surface area contributed by atoms with Gasteiger partial charge in [-0.2, -0.15) is 0 Å². The molecule has 8 heteroatoms. The molecule has 0 saturated carbocycles. The SMILES string of the molecule is O=C(c1ccc([N+](=O)[O-])cc1)N(C(=O)N1CCCCC1)c1cccc(Cl)c1. The second kappa shape index (κ2) is 8.18. The van der Waals surface area contributed by atoms with E-state index >= 15 is 0 Å². The average Bonchev–Trinajstić information content (AvgIpc) is 2.69. The molecular formula is C19H18ClN3O4. The van der Waals surface area contributed by atoms with Gasteiger partial charge in [-0.1, -0.05) is 17.7 Å². The van der Waals surface area contributed by atoms with Crippen LogP contribution in [0.5, 0.6) is 0 Å². The number of anilines is 1. The molecule has 0 radical (unpaired) electrons. The van der Waals surface area contributed by atoms with Gasteiger partial charge in [0.25, 0.3) is 11.6 Å². The van der Waals surface area contributed by atoms with Crippen LogP contribution in [0.3, 0.4) is 0 Å². The zero-order valence-electron chi connectivity index (χ0n) is 14.5. The van der Waals surface area contributed by atoms with Gasteiger partial charge in [0.2, 0.25) is 0 Å². The third-order valence-electron chi connectivity index (χ3n) is 4.41. The number of nitro groups is 1. The number of amides is 3. The summed E-state index contributed by atoms with van der Waals surface area (Å²) in [6.45, 7) is 1.17. The molecule has 2 aromatic carbocycles. The Morgan fingerprint density at radius 2 is 1.70 bits per heavy atom. The average molecular weight is 388 g/mol. The first-order chi connectivity index (χ1) is 13.0. The number of rotatable bonds is 3. The number of likely N-dealkylation sites (tertiary alicyclic amines) is 1. The molecule has 27 heavy (non-hydrogen) atoms. The van der Waals surface area contributed by atoms with Gasteiger partial charge in [-0.25, -0.2) is 9.69 Å². The predicted octanol–water partition coefficient (Wildman–Crippen LogP) is 4.50. The Labute approximate surface area is 161 Å². The van der Waals surface area contributed by atoms with E-state index in [1.165, 1.54) is 24.3 Å². The molecule has 1 heterocycles. The van der Waals surface area contributed by atoms with Crippen LogP contribution in [0.25, 0.3) is 0 Å². The third kappa shape index (κ3) is 4.25. The highest BCUT2D eigenvalue weighted by molar-refractivity contribution is 6.31. The van der Waals surface area contributed by atoms with Crippen LogP contribution in [-0.2, 0) is 0 Å². The summed E-state index contributed by atoms with van der Waals surface area (Å²) in [6, 6.07) is 11.3. The molecule has 1 aliphatic heterocycles. The highest BCUT2D eigenvalue weighted by Gasteiger charge is 2.30. The van der Waals surface area contributed by atoms with Crippen molar-refractivity contribution in [1.82, 2.24) is 4.90 Å². The lowest BCUT2D eigenvalue weighted by Crippen LogP contribution is -2.48. The van der Waals surface area contributed by atoms with E-state index in [1.54, 1.807) is 29.2 Å². The Morgan fingerprint density at radius 1 is 1.04 bits per heavy atom. The molecule has 1 aliphatic rings. The number of hydrogen-bond acceptors (Lipinski definition) is 4. The highest BCUT2D eigenvalue weighted by Crippen LogP contribution is 2.25. The van der Waals surface area contributed by atoms with Crippen molar-refractivity contribution in [3.05, 3.63) is 69.2 Å². The Hall–Kier alpha value is -2.93. The molecule has 0 spiro atoms. The summed E-state index contributed by atoms with van der Waals surface area (Å²) in [5, 5.41) is 11.2. The van der Waals surface area contributed by atoms with Gasteiger partial charge < -0.3 is 4.90 Å². The number of carbonyl (C=O) groups excluding carboxylic acids is 2. The molecule has 7 nitrogen and oxygen atoms in total. The normalized spacial score (nSPS) is 13.9. The lowest BCUT2D eigenvalue weighted by molar-refractivity contribution is -0.384. The molecule has 3 rings (SSSR count). The maximum absolute atomic E-state index is 13.1. The summed E-state index contributed by atoms with van der Waals surface area (Å²) in [7, 11) is 0. The van der Waals surface area contributed by atoms with E-state index in [4.69, 9.17) is 11.6 Å². The van der Waals surface area contributed by atoms with Crippen LogP contribution in [0, 0.1) is 10.1 Å². The summed E-state index contributed by atoms with van der Waals surface area (Å²) >= 11 is 6.05. The summed E-state index contributed by atoms with van der Waals surface area (Å²) in [5.41, 5.74) is 0.426. The molecule has 0 N–H and O–H groups in total. The van der Waals surface area contributed by atoms with E-state index in [9.17, 15) is 19.7 Å². The number of hydrogen-bond donors (Lipinski definition) is 0. The predicted molar refractivity (Wildman–Crippen MR) is 102 cm³/mol. The molecule has 0 aromatic heterocycles. The number of nitrogens with zero attached hydrogens (tertiary/aromatic N) is 3. The Balaban J connectivity index is 1.96. The molecule has 0 atom stereocenters. The van der Waals surface area contributed by atoms with E-state index in [-0.39, 0.29) is 11.3 Å². The number of nitro benzene ring substituents is 1. The van der Waals surface area contributed by atoms with E-state index in [0.29, 0.717) is 23.8 Å². The van der Waals surface area contributed by atoms with Crippen molar-refractivity contribution in [2.45, 2.75) is 19.3 Å². The number of halogens is 1. The minimum Gasteiger partial charge on any atom is -0.324 e. The molecule has 0 aliphatic carbocycles. The van der Waals surface area contributed by atoms with Crippen LogP contribution >= 0.6 is 11.6 Å². The van der Waals surface area contributed by atoms with Gasteiger partial charge >= 0.3 is 6.03 Å². The monoisotopic (exact) mass is 387 g/mol. The number of piperidine rings is 1. The summed E-state index contributed by atoms with van der Waals surface area (Å²) in [5.74, 6) is -0.553. The molecule has 1 fully saturated rings. The van der Waals surface area contributed by atoms with Gasteiger partial charge in [0.1, 0.15) is 0 Å². The fourth-order valence-corrected chi connectivity index (χ4v) is 3.20. The van der Waals surface area contributed by atoms with Crippen molar-refractivity contribution in [2.75, 3.05) is 18.0 Å². The fourth-order valence-electron chi connectivity index (χ4n) is 3.01. The summed E-state index contributed by atoms with van der Waals surface area (Å²) < 4.78 is 0. The standard InChI is InChI=1S/C19H18ClN3O4/c20-15-5-4-6-17(13-15)22(19(25)21-11-2-1-3-12-21)18(24)14-7-9-16(10-8-14)23(26)27/h4-10,13H,1-3,11-12H2. The molecule has 1 saturated heterocycles. The Kier molecular flexibility index (Phi) is 5.71. The van der Waals surface area contributed by atoms with Gasteiger partial charge in [-0.15, -0.1) is 0 Å². The molecule has 140 valence electrons. The van der Waals surface area contributed by atoms with Crippen LogP contribution in [0.1, 0.15) is 29.6 Å². The smallest absolute Gasteiger partial charge is 0.324 e. The van der Waals surface area contributed by atoms with Gasteiger partial charge in [-0.05, 0) is 49.6 Å². The number of carbonyl (C=O) groups is 2. The largest absolute Gasteiger partial charge is 0.331 e. The highest BCUT2D eigenvalue weighted by atomic mass is 35.5. The van der Waals surface area contributed by atoms with Crippen molar-refractivity contribution in [3.8, 4) is 0 Å². The van der Waals surface area contributed by atoms with Crippen LogP contribution in [0.2, 0.25) is 5.02 Å². The third-order valence-corrected chi connectivity index (χ3v) is 4.65. The molecule has 3 amide bonds. The number of imide groups is 1. The Bertz CT molecular complexity index is 864. The molecule has 0 bridgehead atoms. The van der Waals surface area contributed by atoms with Crippen molar-refractivity contribution < 1.29 is 14.5 Å². The second-order valence-electron chi connectivity index (χ2n) is 6.25. The minimum atomic E-state index is -0.553. The van der Waals surface area contributed by atoms with Gasteiger partial charge in [0.05, 0.1) is 10.6 Å². The number of benzene rings is 2. The zero-order valence-corrected chi connectivity index (χ0v) is 15.3. The number of urea groups is 1. The Morgan fingerprint density at radius 3 is 2.30 bits per heavy atom. The molecule has 0 unspecified atom stereocenters. The van der Waals surface area contributed by atoms with Crippen molar-refractivity contribution in [1.29, 1.82) is 0 Å². The maximum Gasteiger partial charge on any atom is 0.331 e.